The van der Waals surface area contributed by atoms with E-state index in [4.69, 9.17) is 26.8 Å². The molecular formula is C16H15ClN2O4. The fourth-order valence-electron chi connectivity index (χ4n) is 1.78. The standard InChI is InChI=1S/C16H15ClN2O4/c1-22-12-4-2-3-11(8-12)19-15(20)9-23-16(21)10-5-6-13(17)14(18)7-10/h2-8H,9,18H2,1H3,(H,19,20). The van der Waals surface area contributed by atoms with Gasteiger partial charge >= 0.3 is 5.97 Å². The molecule has 0 spiro atoms. The Morgan fingerprint density at radius 3 is 2.70 bits per heavy atom. The lowest BCUT2D eigenvalue weighted by Crippen LogP contribution is -2.21. The van der Waals surface area contributed by atoms with E-state index >= 15 is 0 Å². The molecule has 0 aliphatic heterocycles. The molecule has 0 atom stereocenters. The van der Waals surface area contributed by atoms with Crippen molar-refractivity contribution in [1.29, 1.82) is 0 Å². The molecule has 2 aromatic carbocycles. The Hall–Kier alpha value is -2.73. The van der Waals surface area contributed by atoms with Crippen molar-refractivity contribution in [2.24, 2.45) is 0 Å². The Bertz CT molecular complexity index is 734. The maximum atomic E-state index is 11.8. The smallest absolute Gasteiger partial charge is 0.338 e. The number of carbonyl (C=O) groups excluding carboxylic acids is 2. The van der Waals surface area contributed by atoms with Crippen molar-refractivity contribution in [3.8, 4) is 5.75 Å². The highest BCUT2D eigenvalue weighted by molar-refractivity contribution is 6.33. The van der Waals surface area contributed by atoms with Gasteiger partial charge in [0.1, 0.15) is 5.75 Å². The number of anilines is 2. The predicted octanol–water partition coefficient (Wildman–Crippen LogP) is 2.73. The second kappa shape index (κ2) is 7.51. The highest BCUT2D eigenvalue weighted by Crippen LogP contribution is 2.20. The second-order valence-electron chi connectivity index (χ2n) is 4.59. The molecule has 1 amide bonds. The third-order valence-corrected chi connectivity index (χ3v) is 3.26. The fourth-order valence-corrected chi connectivity index (χ4v) is 1.90. The molecule has 7 heteroatoms. The van der Waals surface area contributed by atoms with E-state index in [1.807, 2.05) is 0 Å². The van der Waals surface area contributed by atoms with Gasteiger partial charge in [0.15, 0.2) is 6.61 Å². The Balaban J connectivity index is 1.90. The number of nitrogen functional groups attached to an aromatic ring is 1. The maximum Gasteiger partial charge on any atom is 0.338 e. The molecule has 0 saturated heterocycles. The minimum atomic E-state index is -0.658. The summed E-state index contributed by atoms with van der Waals surface area (Å²) < 4.78 is 9.99. The molecule has 0 radical (unpaired) electrons. The van der Waals surface area contributed by atoms with Crippen LogP contribution >= 0.6 is 11.6 Å². The number of esters is 1. The van der Waals surface area contributed by atoms with E-state index in [1.54, 1.807) is 24.3 Å². The molecule has 0 saturated carbocycles. The van der Waals surface area contributed by atoms with E-state index in [9.17, 15) is 9.59 Å². The van der Waals surface area contributed by atoms with Crippen molar-refractivity contribution in [3.05, 3.63) is 53.1 Å². The molecular weight excluding hydrogens is 320 g/mol. The minimum absolute atomic E-state index is 0.223. The summed E-state index contributed by atoms with van der Waals surface area (Å²) in [6.07, 6.45) is 0. The van der Waals surface area contributed by atoms with Crippen LogP contribution in [0.1, 0.15) is 10.4 Å². The number of rotatable bonds is 5. The van der Waals surface area contributed by atoms with Crippen LogP contribution in [-0.4, -0.2) is 25.6 Å². The lowest BCUT2D eigenvalue weighted by Gasteiger charge is -2.08. The molecule has 120 valence electrons. The van der Waals surface area contributed by atoms with Crippen molar-refractivity contribution >= 4 is 34.9 Å². The van der Waals surface area contributed by atoms with Gasteiger partial charge in [0.2, 0.25) is 0 Å². The van der Waals surface area contributed by atoms with Crippen molar-refractivity contribution in [2.75, 3.05) is 24.8 Å². The SMILES string of the molecule is COc1cccc(NC(=O)COC(=O)c2ccc(Cl)c(N)c2)c1. The Kier molecular flexibility index (Phi) is 5.43. The molecule has 0 fully saturated rings. The van der Waals surface area contributed by atoms with Gasteiger partial charge in [-0.2, -0.15) is 0 Å². The van der Waals surface area contributed by atoms with E-state index in [0.717, 1.165) is 0 Å². The van der Waals surface area contributed by atoms with Gasteiger partial charge in [0, 0.05) is 11.8 Å². The molecule has 6 nitrogen and oxygen atoms in total. The lowest BCUT2D eigenvalue weighted by atomic mass is 10.2. The number of carbonyl (C=O) groups is 2. The number of amides is 1. The molecule has 0 aliphatic rings. The Morgan fingerprint density at radius 2 is 2.00 bits per heavy atom. The normalized spacial score (nSPS) is 10.0. The van der Waals surface area contributed by atoms with E-state index in [2.05, 4.69) is 5.32 Å². The predicted molar refractivity (Wildman–Crippen MR) is 87.8 cm³/mol. The van der Waals surface area contributed by atoms with E-state index < -0.39 is 18.5 Å². The zero-order valence-corrected chi connectivity index (χ0v) is 13.1. The Labute approximate surface area is 138 Å². The van der Waals surface area contributed by atoms with Crippen LogP contribution in [0.4, 0.5) is 11.4 Å². The molecule has 0 heterocycles. The highest BCUT2D eigenvalue weighted by Gasteiger charge is 2.12. The van der Waals surface area contributed by atoms with Gasteiger partial charge in [0.25, 0.3) is 5.91 Å². The topological polar surface area (TPSA) is 90.6 Å². The van der Waals surface area contributed by atoms with Gasteiger partial charge < -0.3 is 20.5 Å². The van der Waals surface area contributed by atoms with Crippen LogP contribution in [-0.2, 0) is 9.53 Å². The third-order valence-electron chi connectivity index (χ3n) is 2.92. The van der Waals surface area contributed by atoms with Gasteiger partial charge in [-0.15, -0.1) is 0 Å². The number of benzene rings is 2. The summed E-state index contributed by atoms with van der Waals surface area (Å²) in [5, 5.41) is 2.95. The van der Waals surface area contributed by atoms with Crippen molar-refractivity contribution in [1.82, 2.24) is 0 Å². The first-order valence-electron chi connectivity index (χ1n) is 6.65. The molecule has 2 rings (SSSR count). The third kappa shape index (κ3) is 4.62. The van der Waals surface area contributed by atoms with Gasteiger partial charge in [-0.1, -0.05) is 17.7 Å². The summed E-state index contributed by atoms with van der Waals surface area (Å²) in [5.74, 6) is -0.515. The zero-order valence-electron chi connectivity index (χ0n) is 12.3. The number of halogens is 1. The van der Waals surface area contributed by atoms with Crippen LogP contribution in [0.3, 0.4) is 0 Å². The molecule has 3 N–H and O–H groups in total. The molecule has 0 unspecified atom stereocenters. The number of ether oxygens (including phenoxy) is 2. The van der Waals surface area contributed by atoms with Crippen LogP contribution < -0.4 is 15.8 Å². The maximum absolute atomic E-state index is 11.8. The summed E-state index contributed by atoms with van der Waals surface area (Å²) in [5.41, 5.74) is 6.64. The van der Waals surface area contributed by atoms with Gasteiger partial charge in [-0.25, -0.2) is 4.79 Å². The van der Waals surface area contributed by atoms with Crippen molar-refractivity contribution < 1.29 is 19.1 Å². The quantitative estimate of drug-likeness (QED) is 0.648. The van der Waals surface area contributed by atoms with E-state index in [-0.39, 0.29) is 11.3 Å². The van der Waals surface area contributed by atoms with Crippen LogP contribution in [0.5, 0.6) is 5.75 Å². The number of hydrogen-bond donors (Lipinski definition) is 2. The number of methoxy groups -OCH3 is 1. The van der Waals surface area contributed by atoms with Crippen LogP contribution in [0.25, 0.3) is 0 Å². The fraction of sp³-hybridized carbons (Fsp3) is 0.125. The van der Waals surface area contributed by atoms with E-state index in [1.165, 1.54) is 25.3 Å². The summed E-state index contributed by atoms with van der Waals surface area (Å²) in [4.78, 5) is 23.6. The molecule has 0 aromatic heterocycles. The monoisotopic (exact) mass is 334 g/mol. The van der Waals surface area contributed by atoms with Gasteiger partial charge in [0.05, 0.1) is 23.4 Å². The first-order valence-corrected chi connectivity index (χ1v) is 7.03. The average Bonchev–Trinajstić information content (AvgIpc) is 2.55. The first kappa shape index (κ1) is 16.6. The number of hydrogen-bond acceptors (Lipinski definition) is 5. The van der Waals surface area contributed by atoms with Gasteiger partial charge in [-0.05, 0) is 30.3 Å². The largest absolute Gasteiger partial charge is 0.497 e. The van der Waals surface area contributed by atoms with Crippen LogP contribution in [0, 0.1) is 0 Å². The molecule has 0 aliphatic carbocycles. The summed E-state index contributed by atoms with van der Waals surface area (Å²) in [6, 6.07) is 11.2. The lowest BCUT2D eigenvalue weighted by molar-refractivity contribution is -0.119. The first-order chi connectivity index (χ1) is 11.0. The minimum Gasteiger partial charge on any atom is -0.497 e. The van der Waals surface area contributed by atoms with Gasteiger partial charge in [-0.3, -0.25) is 4.79 Å². The second-order valence-corrected chi connectivity index (χ2v) is 5.00. The molecule has 23 heavy (non-hydrogen) atoms. The summed E-state index contributed by atoms with van der Waals surface area (Å²) in [7, 11) is 1.53. The number of nitrogens with one attached hydrogen (secondary N) is 1. The van der Waals surface area contributed by atoms with Crippen molar-refractivity contribution in [2.45, 2.75) is 0 Å². The summed E-state index contributed by atoms with van der Waals surface area (Å²) in [6.45, 7) is -0.418. The molecule has 2 aromatic rings. The van der Waals surface area contributed by atoms with Crippen LogP contribution in [0.15, 0.2) is 42.5 Å². The highest BCUT2D eigenvalue weighted by atomic mass is 35.5. The molecule has 0 bridgehead atoms. The van der Waals surface area contributed by atoms with Crippen LogP contribution in [0.2, 0.25) is 5.02 Å². The average molecular weight is 335 g/mol. The summed E-state index contributed by atoms with van der Waals surface area (Å²) >= 11 is 5.78. The van der Waals surface area contributed by atoms with Crippen molar-refractivity contribution in [3.63, 3.8) is 0 Å². The van der Waals surface area contributed by atoms with E-state index in [0.29, 0.717) is 16.5 Å². The number of nitrogens with two attached hydrogens (primary N) is 1. The zero-order chi connectivity index (χ0) is 16.8. The Morgan fingerprint density at radius 1 is 1.22 bits per heavy atom.